The first-order valence-corrected chi connectivity index (χ1v) is 14.4. The van der Waals surface area contributed by atoms with Crippen molar-refractivity contribution in [1.29, 1.82) is 0 Å². The van der Waals surface area contributed by atoms with Gasteiger partial charge in [0.25, 0.3) is 0 Å². The average molecular weight is 550 g/mol. The van der Waals surface area contributed by atoms with Crippen LogP contribution < -0.4 is 10.6 Å². The molecule has 0 aliphatic rings. The minimum Gasteiger partial charge on any atom is -0.326 e. The number of carbonyl (C=O) groups is 2. The Hall–Kier alpha value is -3.96. The predicted molar refractivity (Wildman–Crippen MR) is 148 cm³/mol. The number of carbonyl (C=O) groups excluding carboxylic acids is 2. The van der Waals surface area contributed by atoms with E-state index >= 15 is 0 Å². The highest BCUT2D eigenvalue weighted by molar-refractivity contribution is 8.00. The largest absolute Gasteiger partial charge is 0.326 e. The van der Waals surface area contributed by atoms with Gasteiger partial charge >= 0.3 is 0 Å². The summed E-state index contributed by atoms with van der Waals surface area (Å²) < 4.78 is 27.9. The molecule has 0 bridgehead atoms. The lowest BCUT2D eigenvalue weighted by atomic mass is 10.2. The van der Waals surface area contributed by atoms with Gasteiger partial charge in [-0.3, -0.25) is 14.2 Å². The number of amides is 2. The molecule has 4 rings (SSSR count). The summed E-state index contributed by atoms with van der Waals surface area (Å²) in [6.07, 6.45) is 0.500. The molecule has 2 amide bonds. The van der Waals surface area contributed by atoms with Gasteiger partial charge in [0, 0.05) is 24.0 Å². The molecule has 2 N–H and O–H groups in total. The highest BCUT2D eigenvalue weighted by atomic mass is 32.2. The molecular formula is C27H27N5O4S2. The Labute approximate surface area is 225 Å². The molecule has 9 nitrogen and oxygen atoms in total. The first kappa shape index (κ1) is 27.1. The quantitative estimate of drug-likeness (QED) is 0.275. The molecule has 1 atom stereocenters. The number of hydrogen-bond donors (Lipinski definition) is 2. The normalized spacial score (nSPS) is 12.1. The fourth-order valence-corrected chi connectivity index (χ4v) is 5.96. The summed E-state index contributed by atoms with van der Waals surface area (Å²) in [5, 5.41) is 14.0. The van der Waals surface area contributed by atoms with Gasteiger partial charge in [-0.15, -0.1) is 10.2 Å². The number of sulfone groups is 1. The second-order valence-corrected chi connectivity index (χ2v) is 11.6. The zero-order valence-electron chi connectivity index (χ0n) is 20.9. The van der Waals surface area contributed by atoms with E-state index in [1.165, 1.54) is 18.7 Å². The van der Waals surface area contributed by atoms with Crippen LogP contribution in [-0.4, -0.2) is 40.2 Å². The average Bonchev–Trinajstić information content (AvgIpc) is 3.30. The smallest absolute Gasteiger partial charge is 0.237 e. The molecule has 0 saturated carbocycles. The SMILES string of the molecule is CCC(Sc1nnc(CS(=O)(=O)c2ccccc2)n1-c1ccccc1)C(=O)Nc1ccc(NC(C)=O)cc1. The fourth-order valence-electron chi connectivity index (χ4n) is 3.70. The third kappa shape index (κ3) is 6.67. The molecule has 0 fully saturated rings. The van der Waals surface area contributed by atoms with Gasteiger partial charge < -0.3 is 10.6 Å². The molecule has 1 heterocycles. The number of thioether (sulfide) groups is 1. The van der Waals surface area contributed by atoms with E-state index in [1.54, 1.807) is 59.2 Å². The molecule has 38 heavy (non-hydrogen) atoms. The zero-order chi connectivity index (χ0) is 27.1. The molecule has 4 aromatic rings. The summed E-state index contributed by atoms with van der Waals surface area (Å²) in [5.41, 5.74) is 1.91. The second kappa shape index (κ2) is 12.1. The number of nitrogens with one attached hydrogen (secondary N) is 2. The van der Waals surface area contributed by atoms with Crippen molar-refractivity contribution in [2.45, 2.75) is 41.3 Å². The number of para-hydroxylation sites is 1. The maximum Gasteiger partial charge on any atom is 0.237 e. The van der Waals surface area contributed by atoms with E-state index in [9.17, 15) is 18.0 Å². The molecular weight excluding hydrogens is 522 g/mol. The summed E-state index contributed by atoms with van der Waals surface area (Å²) in [6.45, 7) is 3.32. The summed E-state index contributed by atoms with van der Waals surface area (Å²) in [7, 11) is -3.67. The minimum absolute atomic E-state index is 0.178. The van der Waals surface area contributed by atoms with E-state index in [1.807, 2.05) is 37.3 Å². The molecule has 1 unspecified atom stereocenters. The van der Waals surface area contributed by atoms with Crippen molar-refractivity contribution in [3.8, 4) is 5.69 Å². The van der Waals surface area contributed by atoms with Gasteiger partial charge in [-0.25, -0.2) is 8.42 Å². The van der Waals surface area contributed by atoms with Gasteiger partial charge in [-0.2, -0.15) is 0 Å². The van der Waals surface area contributed by atoms with E-state index in [4.69, 9.17) is 0 Å². The van der Waals surface area contributed by atoms with Crippen LogP contribution in [0, 0.1) is 0 Å². The van der Waals surface area contributed by atoms with E-state index in [-0.39, 0.29) is 28.3 Å². The van der Waals surface area contributed by atoms with Crippen molar-refractivity contribution in [3.63, 3.8) is 0 Å². The van der Waals surface area contributed by atoms with E-state index in [2.05, 4.69) is 20.8 Å². The minimum atomic E-state index is -3.67. The third-order valence-corrected chi connectivity index (χ3v) is 8.46. The van der Waals surface area contributed by atoms with E-state index < -0.39 is 15.1 Å². The lowest BCUT2D eigenvalue weighted by Gasteiger charge is -2.16. The van der Waals surface area contributed by atoms with Gasteiger partial charge in [0.2, 0.25) is 11.8 Å². The van der Waals surface area contributed by atoms with Gasteiger partial charge in [-0.1, -0.05) is 55.1 Å². The maximum absolute atomic E-state index is 13.1. The Morgan fingerprint density at radius 2 is 1.45 bits per heavy atom. The molecule has 1 aromatic heterocycles. The van der Waals surface area contributed by atoms with Crippen molar-refractivity contribution < 1.29 is 18.0 Å². The molecule has 0 radical (unpaired) electrons. The summed E-state index contributed by atoms with van der Waals surface area (Å²) >= 11 is 1.22. The molecule has 0 aliphatic carbocycles. The van der Waals surface area contributed by atoms with Crippen molar-refractivity contribution in [1.82, 2.24) is 14.8 Å². The van der Waals surface area contributed by atoms with Crippen LogP contribution in [0.25, 0.3) is 5.69 Å². The maximum atomic E-state index is 13.1. The monoisotopic (exact) mass is 549 g/mol. The third-order valence-electron chi connectivity index (χ3n) is 5.52. The number of benzene rings is 3. The van der Waals surface area contributed by atoms with Crippen LogP contribution >= 0.6 is 11.8 Å². The van der Waals surface area contributed by atoms with E-state index in [0.717, 1.165) is 0 Å². The van der Waals surface area contributed by atoms with Gasteiger partial charge in [0.1, 0.15) is 5.75 Å². The Balaban J connectivity index is 1.58. The molecule has 0 saturated heterocycles. The Morgan fingerprint density at radius 1 is 0.868 bits per heavy atom. The number of hydrogen-bond acceptors (Lipinski definition) is 7. The van der Waals surface area contributed by atoms with Crippen molar-refractivity contribution in [2.75, 3.05) is 10.6 Å². The Kier molecular flexibility index (Phi) is 8.59. The molecule has 0 spiro atoms. The highest BCUT2D eigenvalue weighted by Crippen LogP contribution is 2.29. The Bertz CT molecular complexity index is 1510. The van der Waals surface area contributed by atoms with Crippen LogP contribution in [-0.2, 0) is 25.2 Å². The van der Waals surface area contributed by atoms with Gasteiger partial charge in [-0.05, 0) is 55.0 Å². The molecule has 196 valence electrons. The van der Waals surface area contributed by atoms with Crippen LogP contribution in [0.4, 0.5) is 11.4 Å². The van der Waals surface area contributed by atoms with Crippen molar-refractivity contribution >= 4 is 44.8 Å². The van der Waals surface area contributed by atoms with Crippen LogP contribution in [0.15, 0.2) is 95.0 Å². The second-order valence-electron chi connectivity index (χ2n) is 8.40. The number of anilines is 2. The summed E-state index contributed by atoms with van der Waals surface area (Å²) in [6, 6.07) is 24.3. The molecule has 11 heteroatoms. The lowest BCUT2D eigenvalue weighted by Crippen LogP contribution is -2.25. The molecule has 3 aromatic carbocycles. The molecule has 0 aliphatic heterocycles. The van der Waals surface area contributed by atoms with E-state index in [0.29, 0.717) is 28.6 Å². The zero-order valence-corrected chi connectivity index (χ0v) is 22.5. The summed E-state index contributed by atoms with van der Waals surface area (Å²) in [5.74, 6) is -0.497. The predicted octanol–water partition coefficient (Wildman–Crippen LogP) is 4.71. The lowest BCUT2D eigenvalue weighted by molar-refractivity contribution is -0.116. The number of aromatic nitrogens is 3. The van der Waals surface area contributed by atoms with Gasteiger partial charge in [0.15, 0.2) is 20.8 Å². The Morgan fingerprint density at radius 3 is 2.03 bits per heavy atom. The highest BCUT2D eigenvalue weighted by Gasteiger charge is 2.26. The fraction of sp³-hybridized carbons (Fsp3) is 0.185. The van der Waals surface area contributed by atoms with Crippen LogP contribution in [0.5, 0.6) is 0 Å². The number of rotatable bonds is 10. The topological polar surface area (TPSA) is 123 Å². The first-order chi connectivity index (χ1) is 18.3. The van der Waals surface area contributed by atoms with Crippen molar-refractivity contribution in [2.24, 2.45) is 0 Å². The van der Waals surface area contributed by atoms with Gasteiger partial charge in [0.05, 0.1) is 10.1 Å². The standard InChI is InChI=1S/C27H27N5O4S2/c1-3-24(26(34)29-21-16-14-20(15-17-21)28-19(2)33)37-27-31-30-25(32(27)22-10-6-4-7-11-22)18-38(35,36)23-12-8-5-9-13-23/h4-17,24H,3,18H2,1-2H3,(H,28,33)(H,29,34). The van der Waals surface area contributed by atoms with Crippen LogP contribution in [0.3, 0.4) is 0 Å². The number of nitrogens with zero attached hydrogens (tertiary/aromatic N) is 3. The van der Waals surface area contributed by atoms with Crippen LogP contribution in [0.2, 0.25) is 0 Å². The van der Waals surface area contributed by atoms with Crippen LogP contribution in [0.1, 0.15) is 26.1 Å². The first-order valence-electron chi connectivity index (χ1n) is 11.9. The van der Waals surface area contributed by atoms with Crippen molar-refractivity contribution in [3.05, 3.63) is 90.8 Å². The summed E-state index contributed by atoms with van der Waals surface area (Å²) in [4.78, 5) is 24.6.